The first-order chi connectivity index (χ1) is 9.00. The highest BCUT2D eigenvalue weighted by Crippen LogP contribution is 2.25. The molecule has 2 heterocycles. The van der Waals surface area contributed by atoms with Gasteiger partial charge in [0.1, 0.15) is 0 Å². The van der Waals surface area contributed by atoms with Gasteiger partial charge in [-0.25, -0.2) is 0 Å². The summed E-state index contributed by atoms with van der Waals surface area (Å²) in [5.41, 5.74) is 0. The first-order valence-electron chi connectivity index (χ1n) is 6.97. The van der Waals surface area contributed by atoms with E-state index in [1.165, 1.54) is 0 Å². The Morgan fingerprint density at radius 1 is 1.11 bits per heavy atom. The Morgan fingerprint density at radius 3 is 2.37 bits per heavy atom. The van der Waals surface area contributed by atoms with Crippen molar-refractivity contribution in [3.63, 3.8) is 0 Å². The van der Waals surface area contributed by atoms with Crippen LogP contribution in [0.25, 0.3) is 0 Å². The lowest BCUT2D eigenvalue weighted by atomic mass is 9.95. The summed E-state index contributed by atoms with van der Waals surface area (Å²) in [5, 5.41) is 8.70. The number of rotatable bonds is 5. The summed E-state index contributed by atoms with van der Waals surface area (Å²) in [4.78, 5) is 10.6. The molecule has 0 spiro atoms. The van der Waals surface area contributed by atoms with Crippen LogP contribution in [-0.2, 0) is 15.0 Å². The minimum atomic E-state index is -3.31. The third-order valence-corrected chi connectivity index (χ3v) is 5.97. The molecule has 0 bridgehead atoms. The normalized spacial score (nSPS) is 26.6. The minimum absolute atomic E-state index is 0.127. The van der Waals surface area contributed by atoms with Crippen molar-refractivity contribution in [3.05, 3.63) is 0 Å². The molecule has 0 aromatic rings. The topological polar surface area (TPSA) is 77.9 Å². The van der Waals surface area contributed by atoms with Crippen LogP contribution < -0.4 is 0 Å². The highest BCUT2D eigenvalue weighted by Gasteiger charge is 2.34. The van der Waals surface area contributed by atoms with E-state index in [1.807, 2.05) is 0 Å². The lowest BCUT2D eigenvalue weighted by molar-refractivity contribution is -0.137. The number of piperidine rings is 1. The summed E-state index contributed by atoms with van der Waals surface area (Å²) in [6.45, 7) is 2.30. The minimum Gasteiger partial charge on any atom is -0.481 e. The number of carbonyl (C=O) groups is 1. The number of nitrogens with zero attached hydrogens (tertiary/aromatic N) is 2. The third kappa shape index (κ3) is 3.67. The van der Waals surface area contributed by atoms with Crippen LogP contribution in [0.15, 0.2) is 0 Å². The lowest BCUT2D eigenvalue weighted by Crippen LogP contribution is -2.47. The van der Waals surface area contributed by atoms with E-state index in [-0.39, 0.29) is 12.3 Å². The zero-order valence-electron chi connectivity index (χ0n) is 11.1. The molecule has 0 radical (unpaired) electrons. The smallest absolute Gasteiger partial charge is 0.303 e. The molecule has 0 aromatic carbocycles. The Kier molecular flexibility index (Phi) is 4.81. The van der Waals surface area contributed by atoms with E-state index in [4.69, 9.17) is 5.11 Å². The monoisotopic (exact) mass is 290 g/mol. The van der Waals surface area contributed by atoms with Crippen LogP contribution in [0.3, 0.4) is 0 Å². The van der Waals surface area contributed by atoms with Crippen molar-refractivity contribution in [1.29, 1.82) is 0 Å². The zero-order chi connectivity index (χ0) is 13.9. The fourth-order valence-corrected chi connectivity index (χ4v) is 4.69. The molecule has 19 heavy (non-hydrogen) atoms. The van der Waals surface area contributed by atoms with Gasteiger partial charge in [0, 0.05) is 32.6 Å². The zero-order valence-corrected chi connectivity index (χ0v) is 11.9. The van der Waals surface area contributed by atoms with E-state index < -0.39 is 16.2 Å². The van der Waals surface area contributed by atoms with Gasteiger partial charge in [0.15, 0.2) is 0 Å². The molecule has 2 fully saturated rings. The second-order valence-corrected chi connectivity index (χ2v) is 7.34. The fraction of sp³-hybridized carbons (Fsp3) is 0.917. The molecule has 1 N–H and O–H groups in total. The summed E-state index contributed by atoms with van der Waals surface area (Å²) < 4.78 is 27.9. The molecule has 0 amide bonds. The predicted octanol–water partition coefficient (Wildman–Crippen LogP) is 0.904. The molecule has 7 heteroatoms. The number of aliphatic carboxylic acids is 1. The van der Waals surface area contributed by atoms with Gasteiger partial charge in [-0.1, -0.05) is 0 Å². The van der Waals surface area contributed by atoms with Crippen LogP contribution in [0.2, 0.25) is 0 Å². The molecular weight excluding hydrogens is 268 g/mol. The second-order valence-electron chi connectivity index (χ2n) is 5.41. The van der Waals surface area contributed by atoms with Crippen molar-refractivity contribution in [2.24, 2.45) is 5.92 Å². The number of carboxylic acid groups (broad SMARTS) is 1. The van der Waals surface area contributed by atoms with Crippen molar-refractivity contribution < 1.29 is 18.3 Å². The van der Waals surface area contributed by atoms with Crippen molar-refractivity contribution in [2.45, 2.75) is 38.5 Å². The number of hydrogen-bond acceptors (Lipinski definition) is 3. The Hall–Kier alpha value is -0.660. The highest BCUT2D eigenvalue weighted by atomic mass is 32.2. The van der Waals surface area contributed by atoms with Crippen molar-refractivity contribution in [1.82, 2.24) is 8.61 Å². The Balaban J connectivity index is 1.94. The first-order valence-corrected chi connectivity index (χ1v) is 8.37. The van der Waals surface area contributed by atoms with Gasteiger partial charge in [-0.3, -0.25) is 4.79 Å². The molecule has 2 rings (SSSR count). The highest BCUT2D eigenvalue weighted by molar-refractivity contribution is 7.86. The average Bonchev–Trinajstić information content (AvgIpc) is 2.91. The summed E-state index contributed by atoms with van der Waals surface area (Å²) in [6.07, 6.45) is 4.34. The maximum absolute atomic E-state index is 12.4. The van der Waals surface area contributed by atoms with Crippen LogP contribution in [-0.4, -0.2) is 54.3 Å². The second kappa shape index (κ2) is 6.19. The van der Waals surface area contributed by atoms with E-state index in [9.17, 15) is 13.2 Å². The summed E-state index contributed by atoms with van der Waals surface area (Å²) >= 11 is 0. The molecular formula is C12H22N2O4S. The Labute approximate surface area is 114 Å². The lowest BCUT2D eigenvalue weighted by Gasteiger charge is -2.34. The van der Waals surface area contributed by atoms with Crippen molar-refractivity contribution in [3.8, 4) is 0 Å². The van der Waals surface area contributed by atoms with Gasteiger partial charge in [-0.2, -0.15) is 17.0 Å². The van der Waals surface area contributed by atoms with Crippen LogP contribution in [0, 0.1) is 5.92 Å². The maximum atomic E-state index is 12.4. The average molecular weight is 290 g/mol. The molecule has 110 valence electrons. The van der Waals surface area contributed by atoms with E-state index in [2.05, 4.69) is 0 Å². The van der Waals surface area contributed by atoms with Crippen LogP contribution in [0.4, 0.5) is 0 Å². The van der Waals surface area contributed by atoms with Crippen LogP contribution in [0.5, 0.6) is 0 Å². The van der Waals surface area contributed by atoms with Gasteiger partial charge < -0.3 is 5.11 Å². The predicted molar refractivity (Wildman–Crippen MR) is 70.9 cm³/mol. The maximum Gasteiger partial charge on any atom is 0.303 e. The molecule has 2 saturated heterocycles. The molecule has 6 nitrogen and oxygen atoms in total. The van der Waals surface area contributed by atoms with Crippen LogP contribution >= 0.6 is 0 Å². The van der Waals surface area contributed by atoms with E-state index in [1.54, 1.807) is 8.61 Å². The number of carboxylic acids is 1. The molecule has 1 unspecified atom stereocenters. The van der Waals surface area contributed by atoms with Crippen LogP contribution in [0.1, 0.15) is 38.5 Å². The quantitative estimate of drug-likeness (QED) is 0.816. The van der Waals surface area contributed by atoms with E-state index >= 15 is 0 Å². The fourth-order valence-electron chi connectivity index (χ4n) is 2.88. The van der Waals surface area contributed by atoms with Gasteiger partial charge >= 0.3 is 5.97 Å². The summed E-state index contributed by atoms with van der Waals surface area (Å²) in [6, 6.07) is 0. The first kappa shape index (κ1) is 14.7. The summed E-state index contributed by atoms with van der Waals surface area (Å²) in [5.74, 6) is -0.623. The van der Waals surface area contributed by atoms with Crippen molar-refractivity contribution >= 4 is 16.2 Å². The van der Waals surface area contributed by atoms with Crippen molar-refractivity contribution in [2.75, 3.05) is 26.2 Å². The summed E-state index contributed by atoms with van der Waals surface area (Å²) in [7, 11) is -3.31. The van der Waals surface area contributed by atoms with E-state index in [0.29, 0.717) is 32.6 Å². The van der Waals surface area contributed by atoms with Gasteiger partial charge in [0.2, 0.25) is 0 Å². The molecule has 0 saturated carbocycles. The SMILES string of the molecule is O=C(O)CCC1CCCN(S(=O)(=O)N2CCCC2)C1. The molecule has 0 aromatic heterocycles. The van der Waals surface area contributed by atoms with Gasteiger partial charge in [0.05, 0.1) is 0 Å². The Bertz CT molecular complexity index is 417. The standard InChI is InChI=1S/C12H22N2O4S/c15-12(16)6-5-11-4-3-9-14(10-11)19(17,18)13-7-1-2-8-13/h11H,1-10H2,(H,15,16). The third-order valence-electron chi connectivity index (χ3n) is 3.97. The molecule has 0 aliphatic carbocycles. The molecule has 2 aliphatic rings. The van der Waals surface area contributed by atoms with Gasteiger partial charge in [-0.05, 0) is 38.0 Å². The molecule has 1 atom stereocenters. The Morgan fingerprint density at radius 2 is 1.74 bits per heavy atom. The van der Waals surface area contributed by atoms with Gasteiger partial charge in [0.25, 0.3) is 10.2 Å². The number of hydrogen-bond donors (Lipinski definition) is 1. The molecule has 2 aliphatic heterocycles. The van der Waals surface area contributed by atoms with E-state index in [0.717, 1.165) is 25.7 Å². The largest absolute Gasteiger partial charge is 0.481 e. The van der Waals surface area contributed by atoms with Gasteiger partial charge in [-0.15, -0.1) is 0 Å².